The second-order valence-corrected chi connectivity index (χ2v) is 5.18. The number of hydrogen-bond donors (Lipinski definition) is 2. The van der Waals surface area contributed by atoms with Gasteiger partial charge in [-0.15, -0.1) is 0 Å². The Morgan fingerprint density at radius 1 is 1.43 bits per heavy atom. The summed E-state index contributed by atoms with van der Waals surface area (Å²) in [6.45, 7) is 7.28. The summed E-state index contributed by atoms with van der Waals surface area (Å²) in [5, 5.41) is 6.03. The molecule has 1 saturated heterocycles. The highest BCUT2D eigenvalue weighted by atomic mass is 19.1. The third-order valence-electron chi connectivity index (χ3n) is 3.71. The van der Waals surface area contributed by atoms with Gasteiger partial charge in [-0.05, 0) is 31.5 Å². The summed E-state index contributed by atoms with van der Waals surface area (Å²) in [6.07, 6.45) is 1.75. The fourth-order valence-corrected chi connectivity index (χ4v) is 2.28. The average molecular weight is 291 g/mol. The Labute approximate surface area is 125 Å². The normalized spacial score (nSPS) is 16.0. The topological polar surface area (TPSA) is 44.4 Å². The molecule has 5 heteroatoms. The van der Waals surface area contributed by atoms with E-state index in [1.807, 2.05) is 17.9 Å². The lowest BCUT2D eigenvalue weighted by Gasteiger charge is -2.29. The summed E-state index contributed by atoms with van der Waals surface area (Å²) in [5.74, 6) is -0.351. The molecule has 1 aromatic carbocycles. The maximum atomic E-state index is 14.2. The quantitative estimate of drug-likeness (QED) is 0.832. The van der Waals surface area contributed by atoms with Gasteiger partial charge in [0.1, 0.15) is 5.82 Å². The first-order chi connectivity index (χ1) is 10.1. The third-order valence-corrected chi connectivity index (χ3v) is 3.71. The molecule has 2 N–H and O–H groups in total. The Kier molecular flexibility index (Phi) is 5.33. The van der Waals surface area contributed by atoms with Gasteiger partial charge in [0.2, 0.25) is 5.91 Å². The van der Waals surface area contributed by atoms with Crippen LogP contribution in [0.5, 0.6) is 0 Å². The first-order valence-corrected chi connectivity index (χ1v) is 7.27. The first-order valence-electron chi connectivity index (χ1n) is 7.27. The SMILES string of the molecule is C/C=C(\C)C(=O)NCc1ccc(N2CCNCC2)c(F)c1. The molecule has 1 aromatic rings. The predicted octanol–water partition coefficient (Wildman–Crippen LogP) is 1.82. The highest BCUT2D eigenvalue weighted by molar-refractivity contribution is 5.92. The number of halogens is 1. The zero-order chi connectivity index (χ0) is 15.2. The average Bonchev–Trinajstić information content (AvgIpc) is 2.52. The molecule has 0 bridgehead atoms. The number of allylic oxidation sites excluding steroid dienone is 1. The van der Waals surface area contributed by atoms with Gasteiger partial charge >= 0.3 is 0 Å². The van der Waals surface area contributed by atoms with Crippen LogP contribution in [-0.2, 0) is 11.3 Å². The van der Waals surface area contributed by atoms with Crippen LogP contribution in [0.25, 0.3) is 0 Å². The van der Waals surface area contributed by atoms with Crippen LogP contribution < -0.4 is 15.5 Å². The van der Waals surface area contributed by atoms with Gasteiger partial charge in [0.25, 0.3) is 0 Å². The fraction of sp³-hybridized carbons (Fsp3) is 0.438. The van der Waals surface area contributed by atoms with Gasteiger partial charge < -0.3 is 15.5 Å². The molecule has 1 amide bonds. The Morgan fingerprint density at radius 3 is 2.76 bits per heavy atom. The van der Waals surface area contributed by atoms with Gasteiger partial charge in [-0.1, -0.05) is 12.1 Å². The van der Waals surface area contributed by atoms with E-state index in [9.17, 15) is 9.18 Å². The maximum absolute atomic E-state index is 14.2. The third kappa shape index (κ3) is 4.04. The van der Waals surface area contributed by atoms with Crippen molar-refractivity contribution in [1.29, 1.82) is 0 Å². The van der Waals surface area contributed by atoms with Gasteiger partial charge in [0, 0.05) is 38.3 Å². The Hall–Kier alpha value is -1.88. The molecule has 2 rings (SSSR count). The minimum Gasteiger partial charge on any atom is -0.367 e. The van der Waals surface area contributed by atoms with Crippen LogP contribution >= 0.6 is 0 Å². The summed E-state index contributed by atoms with van der Waals surface area (Å²) in [4.78, 5) is 13.7. The number of nitrogens with zero attached hydrogens (tertiary/aromatic N) is 1. The van der Waals surface area contributed by atoms with Crippen LogP contribution in [0.2, 0.25) is 0 Å². The number of anilines is 1. The summed E-state index contributed by atoms with van der Waals surface area (Å²) in [7, 11) is 0. The zero-order valence-electron chi connectivity index (χ0n) is 12.6. The molecule has 0 aliphatic carbocycles. The zero-order valence-corrected chi connectivity index (χ0v) is 12.6. The molecular weight excluding hydrogens is 269 g/mol. The molecular formula is C16H22FN3O. The molecule has 1 fully saturated rings. The number of amides is 1. The lowest BCUT2D eigenvalue weighted by molar-refractivity contribution is -0.117. The van der Waals surface area contributed by atoms with E-state index in [4.69, 9.17) is 0 Å². The van der Waals surface area contributed by atoms with Crippen molar-refractivity contribution in [3.63, 3.8) is 0 Å². The van der Waals surface area contributed by atoms with Crippen LogP contribution in [-0.4, -0.2) is 32.1 Å². The van der Waals surface area contributed by atoms with Crippen molar-refractivity contribution in [2.24, 2.45) is 0 Å². The number of hydrogen-bond acceptors (Lipinski definition) is 3. The number of carbonyl (C=O) groups is 1. The molecule has 0 aromatic heterocycles. The summed E-state index contributed by atoms with van der Waals surface area (Å²) in [6, 6.07) is 5.17. The van der Waals surface area contributed by atoms with E-state index in [2.05, 4.69) is 10.6 Å². The molecule has 114 valence electrons. The summed E-state index contributed by atoms with van der Waals surface area (Å²) >= 11 is 0. The van der Waals surface area contributed by atoms with Gasteiger partial charge in [-0.3, -0.25) is 4.79 Å². The molecule has 0 unspecified atom stereocenters. The van der Waals surface area contributed by atoms with Crippen LogP contribution in [0.3, 0.4) is 0 Å². The minimum atomic E-state index is -0.230. The van der Waals surface area contributed by atoms with Crippen molar-refractivity contribution in [2.75, 3.05) is 31.1 Å². The number of piperazine rings is 1. The van der Waals surface area contributed by atoms with Gasteiger partial charge in [0.15, 0.2) is 0 Å². The van der Waals surface area contributed by atoms with Crippen molar-refractivity contribution in [1.82, 2.24) is 10.6 Å². The fourth-order valence-electron chi connectivity index (χ4n) is 2.28. The van der Waals surface area contributed by atoms with Gasteiger partial charge in [0.05, 0.1) is 5.69 Å². The molecule has 0 atom stereocenters. The standard InChI is InChI=1S/C16H22FN3O/c1-3-12(2)16(21)19-11-13-4-5-15(14(17)10-13)20-8-6-18-7-9-20/h3-5,10,18H,6-9,11H2,1-2H3,(H,19,21)/b12-3+. The van der Waals surface area contributed by atoms with Crippen molar-refractivity contribution >= 4 is 11.6 Å². The second-order valence-electron chi connectivity index (χ2n) is 5.18. The van der Waals surface area contributed by atoms with E-state index in [-0.39, 0.29) is 11.7 Å². The molecule has 1 aliphatic rings. The van der Waals surface area contributed by atoms with E-state index in [0.29, 0.717) is 17.8 Å². The van der Waals surface area contributed by atoms with Crippen LogP contribution in [0.4, 0.5) is 10.1 Å². The number of nitrogens with one attached hydrogen (secondary N) is 2. The molecule has 4 nitrogen and oxygen atoms in total. The minimum absolute atomic E-state index is 0.121. The molecule has 21 heavy (non-hydrogen) atoms. The summed E-state index contributed by atoms with van der Waals surface area (Å²) < 4.78 is 14.2. The van der Waals surface area contributed by atoms with Gasteiger partial charge in [-0.25, -0.2) is 4.39 Å². The maximum Gasteiger partial charge on any atom is 0.246 e. The van der Waals surface area contributed by atoms with Crippen LogP contribution in [0.15, 0.2) is 29.8 Å². The Morgan fingerprint density at radius 2 is 2.14 bits per heavy atom. The predicted molar refractivity (Wildman–Crippen MR) is 82.8 cm³/mol. The molecule has 1 heterocycles. The van der Waals surface area contributed by atoms with Crippen molar-refractivity contribution in [2.45, 2.75) is 20.4 Å². The van der Waals surface area contributed by atoms with Crippen LogP contribution in [0.1, 0.15) is 19.4 Å². The lowest BCUT2D eigenvalue weighted by Crippen LogP contribution is -2.43. The first kappa shape index (κ1) is 15.5. The van der Waals surface area contributed by atoms with E-state index in [1.54, 1.807) is 19.1 Å². The van der Waals surface area contributed by atoms with E-state index >= 15 is 0 Å². The van der Waals surface area contributed by atoms with E-state index in [0.717, 1.165) is 31.7 Å². The molecule has 0 saturated carbocycles. The smallest absolute Gasteiger partial charge is 0.246 e. The molecule has 0 spiro atoms. The van der Waals surface area contributed by atoms with E-state index < -0.39 is 0 Å². The van der Waals surface area contributed by atoms with E-state index in [1.165, 1.54) is 6.07 Å². The van der Waals surface area contributed by atoms with Crippen LogP contribution in [0, 0.1) is 5.82 Å². The summed E-state index contributed by atoms with van der Waals surface area (Å²) in [5.41, 5.74) is 2.06. The largest absolute Gasteiger partial charge is 0.367 e. The van der Waals surface area contributed by atoms with Gasteiger partial charge in [-0.2, -0.15) is 0 Å². The Balaban J connectivity index is 2.00. The number of benzene rings is 1. The molecule has 0 radical (unpaired) electrons. The van der Waals surface area contributed by atoms with Crippen molar-refractivity contribution in [3.8, 4) is 0 Å². The molecule has 1 aliphatic heterocycles. The highest BCUT2D eigenvalue weighted by Crippen LogP contribution is 2.21. The lowest BCUT2D eigenvalue weighted by atomic mass is 10.1. The number of carbonyl (C=O) groups excluding carboxylic acids is 1. The second kappa shape index (κ2) is 7.22. The highest BCUT2D eigenvalue weighted by Gasteiger charge is 2.14. The Bertz CT molecular complexity index is 536. The number of rotatable bonds is 4. The van der Waals surface area contributed by atoms with Crippen molar-refractivity contribution in [3.05, 3.63) is 41.2 Å². The van der Waals surface area contributed by atoms with Crippen molar-refractivity contribution < 1.29 is 9.18 Å². The monoisotopic (exact) mass is 291 g/mol.